The first-order valence-electron chi connectivity index (χ1n) is 13.4. The van der Waals surface area contributed by atoms with E-state index in [0.717, 1.165) is 12.8 Å². The number of aliphatic carboxylic acids is 1. The smallest absolute Gasteiger partial charge is 0.430 e. The molecule has 2 aromatic rings. The average Bonchev–Trinajstić information content (AvgIpc) is 3.78. The number of nitrogens with two attached hydrogens (primary N) is 1. The summed E-state index contributed by atoms with van der Waals surface area (Å²) in [5.41, 5.74) is -0.507. The van der Waals surface area contributed by atoms with Crippen LogP contribution in [0.3, 0.4) is 0 Å². The number of piperidine rings is 1. The van der Waals surface area contributed by atoms with Gasteiger partial charge in [-0.2, -0.15) is 13.2 Å². The van der Waals surface area contributed by atoms with E-state index < -0.39 is 35.7 Å². The number of anilines is 1. The Morgan fingerprint density at radius 2 is 2.00 bits per heavy atom. The Labute approximate surface area is 247 Å². The normalized spacial score (nSPS) is 20.1. The summed E-state index contributed by atoms with van der Waals surface area (Å²) in [7, 11) is 1.83. The van der Waals surface area contributed by atoms with Crippen LogP contribution < -0.4 is 21.1 Å². The Morgan fingerprint density at radius 1 is 1.30 bits per heavy atom. The highest BCUT2D eigenvalue weighted by molar-refractivity contribution is 6.31. The van der Waals surface area contributed by atoms with Crippen molar-refractivity contribution < 1.29 is 51.9 Å². The highest BCUT2D eigenvalue weighted by atomic mass is 35.5. The molecule has 1 saturated heterocycles. The fraction of sp³-hybridized carbons (Fsp3) is 0.444. The van der Waals surface area contributed by atoms with Gasteiger partial charge in [-0.05, 0) is 43.4 Å². The van der Waals surface area contributed by atoms with Crippen molar-refractivity contribution in [3.63, 3.8) is 0 Å². The van der Waals surface area contributed by atoms with Gasteiger partial charge >= 0.3 is 12.3 Å². The zero-order chi connectivity index (χ0) is 31.5. The lowest BCUT2D eigenvalue weighted by Crippen LogP contribution is -2.73. The number of rotatable bonds is 6. The monoisotopic (exact) mass is 629 g/mol. The van der Waals surface area contributed by atoms with Gasteiger partial charge in [-0.15, -0.1) is 0 Å². The highest BCUT2D eigenvalue weighted by Crippen LogP contribution is 2.45. The maximum Gasteiger partial charge on any atom is 0.430 e. The van der Waals surface area contributed by atoms with Crippen molar-refractivity contribution in [3.05, 3.63) is 52.4 Å². The second-order valence-corrected chi connectivity index (χ2v) is 10.8. The number of carboxylic acids is 1. The number of benzene rings is 1. The average molecular weight is 630 g/mol. The Kier molecular flexibility index (Phi) is 9.44. The van der Waals surface area contributed by atoms with Crippen molar-refractivity contribution in [1.29, 1.82) is 0 Å². The minimum Gasteiger partial charge on any atom is -0.542 e. The Balaban J connectivity index is 0.000000541. The summed E-state index contributed by atoms with van der Waals surface area (Å²) < 4.78 is 52.4. The van der Waals surface area contributed by atoms with Crippen molar-refractivity contribution in [2.75, 3.05) is 25.5 Å². The van der Waals surface area contributed by atoms with Gasteiger partial charge in [0.1, 0.15) is 12.0 Å². The van der Waals surface area contributed by atoms with Crippen molar-refractivity contribution >= 4 is 47.0 Å². The molecule has 1 saturated carbocycles. The number of aromatic nitrogens is 1. The van der Waals surface area contributed by atoms with E-state index in [1.165, 1.54) is 12.1 Å². The zero-order valence-electron chi connectivity index (χ0n) is 22.8. The van der Waals surface area contributed by atoms with Crippen LogP contribution in [0.25, 0.3) is 0 Å². The number of carbonyl (C=O) groups excluding carboxylic acids is 4. The van der Waals surface area contributed by atoms with Crippen LogP contribution in [0.1, 0.15) is 48.0 Å². The molecule has 43 heavy (non-hydrogen) atoms. The lowest BCUT2D eigenvalue weighted by molar-refractivity contribution is -0.543. The second-order valence-electron chi connectivity index (χ2n) is 10.4. The number of pyridine rings is 1. The predicted octanol–water partition coefficient (Wildman–Crippen LogP) is 1.98. The van der Waals surface area contributed by atoms with Gasteiger partial charge in [0.05, 0.1) is 29.9 Å². The standard InChI is InChI=1S/C25H27ClFN5O4.C2HF3O2/c1-28-19-12-15(7-9-29-19)22(33)30-18(11-14-3-4-14)23(34)32-10-2-8-25(13-32)20-17(31-24(35)36-25)6-5-16(26)21(20)27;3-2(4,5)1(6)7/h5-7,9,12,14,18H,2-4,8,10-11,13H2,1H3,(H,28,29)(H,30,33)(H,31,35);(H,6,7)/t18-,25-;/m0./s1. The Bertz CT molecular complexity index is 1420. The van der Waals surface area contributed by atoms with Crippen LogP contribution in [0, 0.1) is 11.7 Å². The molecule has 2 fully saturated rings. The third-order valence-electron chi connectivity index (χ3n) is 7.28. The molecule has 1 aromatic carbocycles. The first kappa shape index (κ1) is 31.9. The van der Waals surface area contributed by atoms with E-state index in [4.69, 9.17) is 26.2 Å². The summed E-state index contributed by atoms with van der Waals surface area (Å²) in [5.74, 6) is -3.28. The fourth-order valence-electron chi connectivity index (χ4n) is 5.08. The summed E-state index contributed by atoms with van der Waals surface area (Å²) in [5, 5.41) is 15.9. The number of nitrogens with one attached hydrogen (secondary N) is 2. The van der Waals surface area contributed by atoms with E-state index in [1.54, 1.807) is 28.5 Å². The van der Waals surface area contributed by atoms with Gasteiger partial charge in [-0.25, -0.2) is 14.2 Å². The molecule has 16 heteroatoms. The topological polar surface area (TPSA) is 157 Å². The third kappa shape index (κ3) is 7.51. The quantitative estimate of drug-likeness (QED) is 0.412. The summed E-state index contributed by atoms with van der Waals surface area (Å²) in [6, 6.07) is 5.44. The third-order valence-corrected chi connectivity index (χ3v) is 7.57. The van der Waals surface area contributed by atoms with E-state index in [9.17, 15) is 27.6 Å². The number of alkyl halides is 3. The summed E-state index contributed by atoms with van der Waals surface area (Å²) >= 11 is 6.06. The number of quaternary nitrogens is 1. The number of ether oxygens (including phenoxy) is 1. The lowest BCUT2D eigenvalue weighted by atomic mass is 9.82. The minimum absolute atomic E-state index is 0.0231. The number of hydrogen-bond acceptors (Lipinski definition) is 7. The van der Waals surface area contributed by atoms with Crippen LogP contribution in [0.4, 0.5) is 33.9 Å². The molecule has 3 aliphatic rings. The molecular formula is C27H28ClF4N5O6. The van der Waals surface area contributed by atoms with Gasteiger partial charge in [-0.1, -0.05) is 24.4 Å². The zero-order valence-corrected chi connectivity index (χ0v) is 23.6. The van der Waals surface area contributed by atoms with E-state index in [-0.39, 0.29) is 34.6 Å². The summed E-state index contributed by atoms with van der Waals surface area (Å²) in [4.78, 5) is 53.7. The Hall–Kier alpha value is -3.98. The largest absolute Gasteiger partial charge is 0.542 e. The molecule has 2 aliphatic heterocycles. The van der Waals surface area contributed by atoms with E-state index in [0.29, 0.717) is 43.1 Å². The summed E-state index contributed by atoms with van der Waals surface area (Å²) in [6.07, 6.45) is -0.969. The molecule has 1 aliphatic carbocycles. The molecule has 5 rings (SSSR count). The van der Waals surface area contributed by atoms with E-state index >= 15 is 4.39 Å². The van der Waals surface area contributed by atoms with E-state index in [1.807, 2.05) is 7.05 Å². The molecule has 2 atom stereocenters. The Morgan fingerprint density at radius 3 is 2.63 bits per heavy atom. The van der Waals surface area contributed by atoms with Crippen molar-refractivity contribution in [2.45, 2.75) is 49.9 Å². The van der Waals surface area contributed by atoms with Crippen LogP contribution in [0.2, 0.25) is 5.02 Å². The molecule has 0 unspecified atom stereocenters. The van der Waals surface area contributed by atoms with Crippen LogP contribution in [-0.4, -0.2) is 66.1 Å². The van der Waals surface area contributed by atoms with Gasteiger partial charge in [0.25, 0.3) is 5.91 Å². The fourth-order valence-corrected chi connectivity index (χ4v) is 5.24. The highest BCUT2D eigenvalue weighted by Gasteiger charge is 2.49. The maximum atomic E-state index is 15.2. The number of fused-ring (bicyclic) bond motifs is 2. The predicted molar refractivity (Wildman–Crippen MR) is 140 cm³/mol. The van der Waals surface area contributed by atoms with Gasteiger partial charge < -0.3 is 24.9 Å². The van der Waals surface area contributed by atoms with Crippen LogP contribution in [0.5, 0.6) is 0 Å². The molecular weight excluding hydrogens is 602 g/mol. The molecule has 1 spiro atoms. The molecule has 0 radical (unpaired) electrons. The molecule has 4 N–H and O–H groups in total. The number of nitrogens with zero attached hydrogens (tertiary/aromatic N) is 2. The first-order chi connectivity index (χ1) is 20.2. The molecule has 11 nitrogen and oxygen atoms in total. The number of carbonyl (C=O) groups is 4. The number of carboxylic acid groups (broad SMARTS) is 1. The van der Waals surface area contributed by atoms with E-state index in [2.05, 4.69) is 15.6 Å². The molecule has 232 valence electrons. The SMILES string of the molecule is C[NH2+]c1cc(C(=O)N[C@@H](CC2CC2)C(=O)N2CCC[C@@]3(C2)OC(=O)Nc2ccc(Cl)c(F)c23)ccn1.O=C([O-])C(F)(F)F. The number of hydrogen-bond donors (Lipinski definition) is 3. The minimum atomic E-state index is -5.19. The van der Waals surface area contributed by atoms with Gasteiger partial charge in [-0.3, -0.25) is 20.2 Å². The lowest BCUT2D eigenvalue weighted by Gasteiger charge is -2.45. The number of likely N-dealkylation sites (tertiary alicyclic amines) is 1. The van der Waals surface area contributed by atoms with Crippen LogP contribution >= 0.6 is 11.6 Å². The van der Waals surface area contributed by atoms with Crippen molar-refractivity contribution in [1.82, 2.24) is 15.2 Å². The molecule has 1 aromatic heterocycles. The molecule has 3 heterocycles. The molecule has 3 amide bonds. The molecule has 0 bridgehead atoms. The van der Waals surface area contributed by atoms with Gasteiger partial charge in [0, 0.05) is 24.4 Å². The van der Waals surface area contributed by atoms with Crippen molar-refractivity contribution in [3.8, 4) is 0 Å². The maximum absolute atomic E-state index is 15.2. The second kappa shape index (κ2) is 12.7. The van der Waals surface area contributed by atoms with Gasteiger partial charge in [0.2, 0.25) is 11.7 Å². The summed E-state index contributed by atoms with van der Waals surface area (Å²) in [6.45, 7) is 0.384. The van der Waals surface area contributed by atoms with Crippen molar-refractivity contribution in [2.24, 2.45) is 5.92 Å². The van der Waals surface area contributed by atoms with Crippen LogP contribution in [0.15, 0.2) is 30.5 Å². The number of amides is 3. The first-order valence-corrected chi connectivity index (χ1v) is 13.7. The number of halogens is 5. The van der Waals surface area contributed by atoms with Crippen LogP contribution in [-0.2, 0) is 19.9 Å². The van der Waals surface area contributed by atoms with Gasteiger partial charge in [0.15, 0.2) is 11.4 Å².